The van der Waals surface area contributed by atoms with Gasteiger partial charge in [-0.15, -0.1) is 10.2 Å². The van der Waals surface area contributed by atoms with Crippen LogP contribution in [0.1, 0.15) is 16.8 Å². The number of hydrogen-bond acceptors (Lipinski definition) is 5. The quantitative estimate of drug-likeness (QED) is 0.497. The van der Waals surface area contributed by atoms with E-state index in [-0.39, 0.29) is 0 Å². The van der Waals surface area contributed by atoms with Gasteiger partial charge in [-0.25, -0.2) is 4.79 Å². The minimum Gasteiger partial charge on any atom is -0.310 e. The van der Waals surface area contributed by atoms with E-state index in [4.69, 9.17) is 0 Å². The van der Waals surface area contributed by atoms with Gasteiger partial charge in [0, 0.05) is 23.1 Å². The molecule has 0 aliphatic rings. The molecule has 0 unspecified atom stereocenters. The van der Waals surface area contributed by atoms with Crippen LogP contribution in [0.15, 0.2) is 69.3 Å². The van der Waals surface area contributed by atoms with Gasteiger partial charge in [0.25, 0.3) is 5.56 Å². The summed E-state index contributed by atoms with van der Waals surface area (Å²) in [4.78, 5) is 27.9. The van der Waals surface area contributed by atoms with Crippen LogP contribution in [0.5, 0.6) is 0 Å². The molecule has 2 heterocycles. The predicted molar refractivity (Wildman–Crippen MR) is 114 cm³/mol. The van der Waals surface area contributed by atoms with Gasteiger partial charge in [-0.1, -0.05) is 48.2 Å². The van der Waals surface area contributed by atoms with Crippen LogP contribution in [0.3, 0.4) is 0 Å². The summed E-state index contributed by atoms with van der Waals surface area (Å²) in [5.41, 5.74) is 3.87. The normalized spacial score (nSPS) is 11.0. The van der Waals surface area contributed by atoms with Crippen LogP contribution in [-0.2, 0) is 5.75 Å². The van der Waals surface area contributed by atoms with Gasteiger partial charge in [0.2, 0.25) is 0 Å². The van der Waals surface area contributed by atoms with Crippen molar-refractivity contribution in [2.24, 2.45) is 0 Å². The van der Waals surface area contributed by atoms with E-state index in [0.29, 0.717) is 16.6 Å². The van der Waals surface area contributed by atoms with Crippen molar-refractivity contribution in [1.82, 2.24) is 24.7 Å². The molecular weight excluding hydrogens is 386 g/mol. The Bertz CT molecular complexity index is 1250. The molecule has 0 radical (unpaired) electrons. The third kappa shape index (κ3) is 4.07. The largest absolute Gasteiger partial charge is 0.325 e. The van der Waals surface area contributed by atoms with Crippen LogP contribution in [-0.4, -0.2) is 24.7 Å². The zero-order valence-corrected chi connectivity index (χ0v) is 16.8. The Balaban J connectivity index is 1.77. The molecule has 2 N–H and O–H groups in total. The van der Waals surface area contributed by atoms with Crippen molar-refractivity contribution in [3.05, 3.63) is 92.3 Å². The highest BCUT2D eigenvalue weighted by atomic mass is 32.2. The molecule has 2 aromatic carbocycles. The van der Waals surface area contributed by atoms with Gasteiger partial charge in [-0.2, -0.15) is 0 Å². The number of rotatable bonds is 5. The van der Waals surface area contributed by atoms with Crippen LogP contribution >= 0.6 is 11.8 Å². The number of nitrogens with one attached hydrogen (secondary N) is 2. The Morgan fingerprint density at radius 1 is 0.931 bits per heavy atom. The van der Waals surface area contributed by atoms with Crippen molar-refractivity contribution in [3.63, 3.8) is 0 Å². The molecule has 0 saturated heterocycles. The van der Waals surface area contributed by atoms with Crippen LogP contribution < -0.4 is 11.2 Å². The van der Waals surface area contributed by atoms with Crippen LogP contribution in [0.2, 0.25) is 0 Å². The average Bonchev–Trinajstić information content (AvgIpc) is 3.12. The Kier molecular flexibility index (Phi) is 5.18. The van der Waals surface area contributed by atoms with Crippen LogP contribution in [0.4, 0.5) is 0 Å². The van der Waals surface area contributed by atoms with Crippen molar-refractivity contribution in [3.8, 4) is 17.1 Å². The minimum atomic E-state index is -0.520. The zero-order valence-electron chi connectivity index (χ0n) is 16.0. The summed E-state index contributed by atoms with van der Waals surface area (Å²) in [5.74, 6) is 1.12. The lowest BCUT2D eigenvalue weighted by Crippen LogP contribution is -2.22. The van der Waals surface area contributed by atoms with Gasteiger partial charge >= 0.3 is 5.69 Å². The molecule has 0 fully saturated rings. The highest BCUT2D eigenvalue weighted by molar-refractivity contribution is 7.98. The second-order valence-electron chi connectivity index (χ2n) is 6.68. The topological polar surface area (TPSA) is 96.4 Å². The maximum Gasteiger partial charge on any atom is 0.325 e. The number of nitrogens with zero attached hydrogens (tertiary/aromatic N) is 3. The van der Waals surface area contributed by atoms with E-state index in [0.717, 1.165) is 17.1 Å². The Morgan fingerprint density at radius 3 is 2.45 bits per heavy atom. The van der Waals surface area contributed by atoms with Crippen molar-refractivity contribution in [1.29, 1.82) is 0 Å². The molecule has 4 aromatic rings. The molecule has 0 aliphatic carbocycles. The molecule has 0 aliphatic heterocycles. The number of aryl methyl sites for hydroxylation is 2. The van der Waals surface area contributed by atoms with Gasteiger partial charge in [-0.3, -0.25) is 14.3 Å². The molecule has 4 rings (SSSR count). The lowest BCUT2D eigenvalue weighted by atomic mass is 10.1. The van der Waals surface area contributed by atoms with Gasteiger partial charge in [0.15, 0.2) is 11.0 Å². The fourth-order valence-corrected chi connectivity index (χ4v) is 3.83. The van der Waals surface area contributed by atoms with Crippen LogP contribution in [0.25, 0.3) is 17.1 Å². The highest BCUT2D eigenvalue weighted by Crippen LogP contribution is 2.29. The Hall–Kier alpha value is -3.39. The average molecular weight is 405 g/mol. The third-order valence-electron chi connectivity index (χ3n) is 4.59. The number of H-pyrrole nitrogens is 2. The Morgan fingerprint density at radius 2 is 1.72 bits per heavy atom. The molecule has 0 atom stereocenters. The van der Waals surface area contributed by atoms with E-state index >= 15 is 0 Å². The first-order valence-electron chi connectivity index (χ1n) is 9.05. The molecule has 146 valence electrons. The van der Waals surface area contributed by atoms with E-state index in [1.54, 1.807) is 0 Å². The number of hydrogen-bond donors (Lipinski definition) is 2. The molecule has 0 amide bonds. The van der Waals surface area contributed by atoms with Crippen LogP contribution in [0, 0.1) is 13.8 Å². The zero-order chi connectivity index (χ0) is 20.4. The number of thioether (sulfide) groups is 1. The molecule has 7 nitrogen and oxygen atoms in total. The number of benzene rings is 2. The first-order chi connectivity index (χ1) is 14.0. The maximum absolute atomic E-state index is 11.6. The SMILES string of the molecule is Cc1ccc(-n2c(SCc3cc(=O)[nH]c(=O)[nH]3)nnc2-c2ccccc2)cc1C. The van der Waals surface area contributed by atoms with Gasteiger partial charge in [0.1, 0.15) is 0 Å². The van der Waals surface area contributed by atoms with E-state index in [9.17, 15) is 9.59 Å². The van der Waals surface area contributed by atoms with E-state index < -0.39 is 11.2 Å². The Labute approximate surface area is 170 Å². The van der Waals surface area contributed by atoms with Crippen molar-refractivity contribution < 1.29 is 0 Å². The molecule has 2 aromatic heterocycles. The fourth-order valence-electron chi connectivity index (χ4n) is 2.97. The van der Waals surface area contributed by atoms with Crippen molar-refractivity contribution >= 4 is 11.8 Å². The number of aromatic amines is 2. The summed E-state index contributed by atoms with van der Waals surface area (Å²) in [6, 6.07) is 17.5. The van der Waals surface area contributed by atoms with Gasteiger partial charge in [-0.05, 0) is 37.1 Å². The molecule has 8 heteroatoms. The van der Waals surface area contributed by atoms with Gasteiger partial charge in [0.05, 0.1) is 5.69 Å². The second kappa shape index (κ2) is 7.92. The summed E-state index contributed by atoms with van der Waals surface area (Å²) < 4.78 is 2.00. The molecule has 0 saturated carbocycles. The lowest BCUT2D eigenvalue weighted by molar-refractivity contribution is 0.882. The van der Waals surface area contributed by atoms with Crippen molar-refractivity contribution in [2.45, 2.75) is 24.8 Å². The predicted octanol–water partition coefficient (Wildman–Crippen LogP) is 3.22. The standard InChI is InChI=1S/C21H19N5O2S/c1-13-8-9-17(10-14(13)2)26-19(15-6-4-3-5-7-15)24-25-21(26)29-12-16-11-18(27)23-20(28)22-16/h3-11H,12H2,1-2H3,(H2,22,23,27,28). The van der Waals surface area contributed by atoms with Gasteiger partial charge < -0.3 is 4.98 Å². The summed E-state index contributed by atoms with van der Waals surface area (Å²) in [6.07, 6.45) is 0. The fraction of sp³-hybridized carbons (Fsp3) is 0.143. The highest BCUT2D eigenvalue weighted by Gasteiger charge is 2.17. The van der Waals surface area contributed by atoms with E-state index in [1.165, 1.54) is 29.0 Å². The number of aromatic nitrogens is 5. The summed E-state index contributed by atoms with van der Waals surface area (Å²) in [7, 11) is 0. The molecular formula is C21H19N5O2S. The smallest absolute Gasteiger partial charge is 0.310 e. The van der Waals surface area contributed by atoms with E-state index in [1.807, 2.05) is 41.0 Å². The minimum absolute atomic E-state index is 0.386. The summed E-state index contributed by atoms with van der Waals surface area (Å²) in [5, 5.41) is 9.47. The van der Waals surface area contributed by atoms with Crippen molar-refractivity contribution in [2.75, 3.05) is 0 Å². The summed E-state index contributed by atoms with van der Waals surface area (Å²) in [6.45, 7) is 4.14. The summed E-state index contributed by atoms with van der Waals surface area (Å²) >= 11 is 1.40. The second-order valence-corrected chi connectivity index (χ2v) is 7.62. The molecule has 29 heavy (non-hydrogen) atoms. The first kappa shape index (κ1) is 18.9. The maximum atomic E-state index is 11.6. The lowest BCUT2D eigenvalue weighted by Gasteiger charge is -2.12. The molecule has 0 spiro atoms. The third-order valence-corrected chi connectivity index (χ3v) is 5.56. The van der Waals surface area contributed by atoms with E-state index in [2.05, 4.69) is 46.1 Å². The first-order valence-corrected chi connectivity index (χ1v) is 10.0. The monoisotopic (exact) mass is 405 g/mol. The molecule has 0 bridgehead atoms.